The van der Waals surface area contributed by atoms with E-state index in [0.717, 1.165) is 53.9 Å². The molecule has 56 heavy (non-hydrogen) atoms. The molecule has 300 valence electrons. The molecular formula is C44H58N6O6. The van der Waals surface area contributed by atoms with Gasteiger partial charge in [-0.25, -0.2) is 4.79 Å². The van der Waals surface area contributed by atoms with E-state index in [1.54, 1.807) is 7.05 Å². The second-order valence-corrected chi connectivity index (χ2v) is 15.9. The third-order valence-corrected chi connectivity index (χ3v) is 10.6. The van der Waals surface area contributed by atoms with Crippen LogP contribution in [0.25, 0.3) is 11.1 Å². The van der Waals surface area contributed by atoms with Gasteiger partial charge in [0.25, 0.3) is 5.91 Å². The SMILES string of the molecule is CN=C(C)c1ccc(NC(=O)C(Cc2cccc(-c3ccc(C(=O)N4CCN(CCO)CC4)cc3)c2)NC(=O)C2CCC(CNC(=O)OC(C)(C)C)CC2)cc1. The molecule has 1 aliphatic carbocycles. The molecule has 1 saturated heterocycles. The zero-order chi connectivity index (χ0) is 40.2. The summed E-state index contributed by atoms with van der Waals surface area (Å²) in [4.78, 5) is 61.3. The van der Waals surface area contributed by atoms with E-state index in [4.69, 9.17) is 4.74 Å². The van der Waals surface area contributed by atoms with E-state index in [1.165, 1.54) is 0 Å². The van der Waals surface area contributed by atoms with Gasteiger partial charge in [-0.3, -0.25) is 24.3 Å². The minimum Gasteiger partial charge on any atom is -0.444 e. The van der Waals surface area contributed by atoms with Gasteiger partial charge in [0, 0.05) is 75.6 Å². The molecule has 1 saturated carbocycles. The van der Waals surface area contributed by atoms with Gasteiger partial charge in [-0.05, 0) is 106 Å². The zero-order valence-electron chi connectivity index (χ0n) is 33.5. The first-order valence-electron chi connectivity index (χ1n) is 19.8. The Kier molecular flexibility index (Phi) is 14.8. The van der Waals surface area contributed by atoms with Crippen molar-refractivity contribution in [3.63, 3.8) is 0 Å². The van der Waals surface area contributed by atoms with Crippen molar-refractivity contribution in [2.75, 3.05) is 58.2 Å². The number of hydrogen-bond acceptors (Lipinski definition) is 8. The average molecular weight is 767 g/mol. The van der Waals surface area contributed by atoms with E-state index in [0.29, 0.717) is 50.3 Å². The Morgan fingerprint density at radius 1 is 0.875 bits per heavy atom. The van der Waals surface area contributed by atoms with Crippen LogP contribution in [0.1, 0.15) is 74.9 Å². The number of nitrogens with one attached hydrogen (secondary N) is 3. The van der Waals surface area contributed by atoms with Crippen LogP contribution >= 0.6 is 0 Å². The highest BCUT2D eigenvalue weighted by molar-refractivity contribution is 6.00. The number of aliphatic hydroxyl groups is 1. The molecule has 0 aromatic heterocycles. The van der Waals surface area contributed by atoms with E-state index in [9.17, 15) is 24.3 Å². The number of β-amino-alcohol motifs (C(OH)–C–C–N with tert-alkyl or cyclic N) is 1. The first-order chi connectivity index (χ1) is 26.8. The van der Waals surface area contributed by atoms with Crippen molar-refractivity contribution in [1.82, 2.24) is 20.4 Å². The van der Waals surface area contributed by atoms with Crippen LogP contribution < -0.4 is 16.0 Å². The summed E-state index contributed by atoms with van der Waals surface area (Å²) in [5.41, 5.74) is 5.27. The molecule has 1 atom stereocenters. The average Bonchev–Trinajstić information content (AvgIpc) is 3.19. The standard InChI is InChI=1S/C44H58N6O6/c1-30(45-5)33-17-19-38(20-18-33)47-41(53)39(48-40(52)35-11-9-31(10-12-35)29-46-43(55)56-44(2,3)4)28-32-7-6-8-37(27-32)34-13-15-36(16-14-34)42(54)50-23-21-49(22-24-50)25-26-51/h6-8,13-20,27,31,35,39,51H,9-12,21-26,28-29H2,1-5H3,(H,46,55)(H,47,53)(H,48,52). The molecule has 12 heteroatoms. The number of aliphatic hydroxyl groups excluding tert-OH is 1. The molecule has 0 spiro atoms. The Morgan fingerprint density at radius 2 is 1.54 bits per heavy atom. The maximum Gasteiger partial charge on any atom is 0.407 e. The lowest BCUT2D eigenvalue weighted by Gasteiger charge is -2.34. The van der Waals surface area contributed by atoms with Gasteiger partial charge >= 0.3 is 6.09 Å². The Hall–Kier alpha value is -5.07. The number of piperazine rings is 1. The van der Waals surface area contributed by atoms with Crippen LogP contribution in [-0.2, 0) is 20.7 Å². The van der Waals surface area contributed by atoms with Crippen molar-refractivity contribution in [3.05, 3.63) is 89.5 Å². The highest BCUT2D eigenvalue weighted by atomic mass is 16.6. The maximum atomic E-state index is 13.9. The predicted molar refractivity (Wildman–Crippen MR) is 220 cm³/mol. The lowest BCUT2D eigenvalue weighted by atomic mass is 9.81. The summed E-state index contributed by atoms with van der Waals surface area (Å²) in [6.07, 6.45) is 2.73. The van der Waals surface area contributed by atoms with Crippen molar-refractivity contribution in [3.8, 4) is 11.1 Å². The number of aliphatic imine (C=N–C) groups is 1. The summed E-state index contributed by atoms with van der Waals surface area (Å²) in [5.74, 6) is -0.464. The number of alkyl carbamates (subject to hydrolysis) is 1. The number of hydrogen-bond donors (Lipinski definition) is 4. The van der Waals surface area contributed by atoms with Gasteiger partial charge in [0.15, 0.2) is 0 Å². The van der Waals surface area contributed by atoms with Crippen molar-refractivity contribution in [1.29, 1.82) is 0 Å². The minimum atomic E-state index is -0.833. The number of carbonyl (C=O) groups excluding carboxylic acids is 4. The first kappa shape index (κ1) is 42.1. The van der Waals surface area contributed by atoms with E-state index in [-0.39, 0.29) is 42.6 Å². The third-order valence-electron chi connectivity index (χ3n) is 10.6. The highest BCUT2D eigenvalue weighted by Crippen LogP contribution is 2.29. The van der Waals surface area contributed by atoms with Gasteiger partial charge in [-0.2, -0.15) is 0 Å². The van der Waals surface area contributed by atoms with Gasteiger partial charge < -0.3 is 30.7 Å². The minimum absolute atomic E-state index is 0.00670. The molecule has 1 unspecified atom stereocenters. The molecule has 12 nitrogen and oxygen atoms in total. The van der Waals surface area contributed by atoms with Crippen LogP contribution in [0.3, 0.4) is 0 Å². The van der Waals surface area contributed by atoms with Gasteiger partial charge in [0.05, 0.1) is 6.61 Å². The fourth-order valence-electron chi connectivity index (χ4n) is 7.24. The molecule has 0 bridgehead atoms. The predicted octanol–water partition coefficient (Wildman–Crippen LogP) is 5.54. The third kappa shape index (κ3) is 12.2. The van der Waals surface area contributed by atoms with Gasteiger partial charge in [-0.1, -0.05) is 48.5 Å². The van der Waals surface area contributed by atoms with E-state index in [2.05, 4.69) is 25.8 Å². The molecule has 2 fully saturated rings. The van der Waals surface area contributed by atoms with Crippen LogP contribution in [0, 0.1) is 11.8 Å². The monoisotopic (exact) mass is 766 g/mol. The van der Waals surface area contributed by atoms with E-state index < -0.39 is 17.7 Å². The smallest absolute Gasteiger partial charge is 0.407 e. The molecule has 3 aromatic carbocycles. The summed E-state index contributed by atoms with van der Waals surface area (Å²) in [6, 6.07) is 22.1. The summed E-state index contributed by atoms with van der Waals surface area (Å²) in [5, 5.41) is 18.2. The summed E-state index contributed by atoms with van der Waals surface area (Å²) in [7, 11) is 1.74. The lowest BCUT2D eigenvalue weighted by molar-refractivity contribution is -0.130. The topological polar surface area (TPSA) is 153 Å². The Balaban J connectivity index is 1.25. The van der Waals surface area contributed by atoms with Crippen molar-refractivity contribution >= 4 is 35.2 Å². The van der Waals surface area contributed by atoms with E-state index in [1.807, 2.05) is 105 Å². The number of nitrogens with zero attached hydrogens (tertiary/aromatic N) is 3. The molecule has 1 aliphatic heterocycles. The van der Waals surface area contributed by atoms with Gasteiger partial charge in [-0.15, -0.1) is 0 Å². The Labute approximate surface area is 331 Å². The van der Waals surface area contributed by atoms with Gasteiger partial charge in [0.1, 0.15) is 11.6 Å². The number of anilines is 1. The number of carbonyl (C=O) groups is 4. The fraction of sp³-hybridized carbons (Fsp3) is 0.477. The lowest BCUT2D eigenvalue weighted by Crippen LogP contribution is -2.49. The Morgan fingerprint density at radius 3 is 2.16 bits per heavy atom. The molecular weight excluding hydrogens is 709 g/mol. The highest BCUT2D eigenvalue weighted by Gasteiger charge is 2.30. The van der Waals surface area contributed by atoms with Crippen LogP contribution in [0.5, 0.6) is 0 Å². The fourth-order valence-corrected chi connectivity index (χ4v) is 7.24. The first-order valence-corrected chi connectivity index (χ1v) is 19.8. The number of rotatable bonds is 13. The molecule has 0 radical (unpaired) electrons. The van der Waals surface area contributed by atoms with Crippen molar-refractivity contribution in [2.24, 2.45) is 16.8 Å². The quantitative estimate of drug-likeness (QED) is 0.167. The van der Waals surface area contributed by atoms with Crippen LogP contribution in [0.2, 0.25) is 0 Å². The number of benzene rings is 3. The normalized spacial score (nSPS) is 18.5. The number of ether oxygens (including phenoxy) is 1. The molecule has 4 amide bonds. The van der Waals surface area contributed by atoms with Crippen LogP contribution in [0.15, 0.2) is 77.8 Å². The number of amides is 4. The summed E-state index contributed by atoms with van der Waals surface area (Å²) < 4.78 is 5.36. The van der Waals surface area contributed by atoms with Crippen LogP contribution in [0.4, 0.5) is 10.5 Å². The van der Waals surface area contributed by atoms with Crippen LogP contribution in [-0.4, -0.2) is 109 Å². The van der Waals surface area contributed by atoms with Crippen molar-refractivity contribution < 1.29 is 29.0 Å². The Bertz CT molecular complexity index is 1820. The molecule has 3 aromatic rings. The second kappa shape index (κ2) is 19.7. The van der Waals surface area contributed by atoms with E-state index >= 15 is 0 Å². The summed E-state index contributed by atoms with van der Waals surface area (Å²) >= 11 is 0. The zero-order valence-corrected chi connectivity index (χ0v) is 33.5. The van der Waals surface area contributed by atoms with Crippen molar-refractivity contribution in [2.45, 2.75) is 71.4 Å². The molecule has 5 rings (SSSR count). The molecule has 2 aliphatic rings. The maximum absolute atomic E-state index is 13.9. The molecule has 1 heterocycles. The largest absolute Gasteiger partial charge is 0.444 e. The van der Waals surface area contributed by atoms with Gasteiger partial charge in [0.2, 0.25) is 11.8 Å². The molecule has 4 N–H and O–H groups in total. The second-order valence-electron chi connectivity index (χ2n) is 15.9. The summed E-state index contributed by atoms with van der Waals surface area (Å²) in [6.45, 7) is 11.4.